The molecule has 0 atom stereocenters. The van der Waals surface area contributed by atoms with Crippen molar-refractivity contribution >= 4 is 41.1 Å². The number of carbonyl (C=O) groups is 1. The zero-order valence-corrected chi connectivity index (χ0v) is 18.6. The van der Waals surface area contributed by atoms with E-state index in [1.165, 1.54) is 31.4 Å². The molecule has 0 amide bonds. The lowest BCUT2D eigenvalue weighted by molar-refractivity contribution is -0.385. The Labute approximate surface area is 196 Å². The van der Waals surface area contributed by atoms with Crippen LogP contribution < -0.4 is 9.47 Å². The van der Waals surface area contributed by atoms with Crippen LogP contribution in [-0.4, -0.2) is 39.9 Å². The number of non-ortho nitro benzene ring substituents is 1. The summed E-state index contributed by atoms with van der Waals surface area (Å²) in [6, 6.07) is 9.01. The summed E-state index contributed by atoms with van der Waals surface area (Å²) in [6.07, 6.45) is 2.67. The standard InChI is InChI=1S/C21H16ClN3O7S/c1-3-8-31-18-13(9-15(25(28)29)11-16(18)30-2)10-17(20(26)27)33-21-24-23-19(32-21)12-4-6-14(22)7-5-12/h3-7,9-11H,1,8H2,2H3,(H,26,27)/b17-10+. The van der Waals surface area contributed by atoms with E-state index in [-0.39, 0.29) is 45.4 Å². The topological polar surface area (TPSA) is 138 Å². The van der Waals surface area contributed by atoms with Crippen LogP contribution >= 0.6 is 23.4 Å². The number of carboxylic acids is 1. The lowest BCUT2D eigenvalue weighted by Crippen LogP contribution is -2.02. The molecular formula is C21H16ClN3O7S. The number of hydrogen-bond donors (Lipinski definition) is 1. The minimum Gasteiger partial charge on any atom is -0.493 e. The van der Waals surface area contributed by atoms with Crippen LogP contribution in [0.3, 0.4) is 0 Å². The minimum atomic E-state index is -1.31. The second-order valence-corrected chi connectivity index (χ2v) is 7.65. The number of rotatable bonds is 10. The third-order valence-electron chi connectivity index (χ3n) is 4.04. The molecule has 2 aromatic carbocycles. The van der Waals surface area contributed by atoms with E-state index in [1.54, 1.807) is 24.3 Å². The molecule has 0 spiro atoms. The fraction of sp³-hybridized carbons (Fsp3) is 0.0952. The Bertz CT molecular complexity index is 1230. The van der Waals surface area contributed by atoms with Crippen molar-refractivity contribution < 1.29 is 28.7 Å². The number of nitro groups is 1. The average molecular weight is 490 g/mol. The first kappa shape index (κ1) is 23.8. The smallest absolute Gasteiger partial charge is 0.342 e. The summed E-state index contributed by atoms with van der Waals surface area (Å²) < 4.78 is 16.3. The van der Waals surface area contributed by atoms with Gasteiger partial charge in [-0.25, -0.2) is 4.79 Å². The van der Waals surface area contributed by atoms with Crippen LogP contribution in [0.2, 0.25) is 5.02 Å². The van der Waals surface area contributed by atoms with Crippen molar-refractivity contribution in [2.45, 2.75) is 5.22 Å². The molecule has 33 heavy (non-hydrogen) atoms. The van der Waals surface area contributed by atoms with Gasteiger partial charge in [0.15, 0.2) is 11.5 Å². The van der Waals surface area contributed by atoms with E-state index in [2.05, 4.69) is 16.8 Å². The second kappa shape index (κ2) is 10.7. The van der Waals surface area contributed by atoms with Crippen LogP contribution in [0.25, 0.3) is 17.5 Å². The molecule has 3 rings (SSSR count). The van der Waals surface area contributed by atoms with Gasteiger partial charge in [-0.3, -0.25) is 10.1 Å². The van der Waals surface area contributed by atoms with E-state index in [9.17, 15) is 20.0 Å². The summed E-state index contributed by atoms with van der Waals surface area (Å²) in [7, 11) is 1.32. The van der Waals surface area contributed by atoms with E-state index in [0.29, 0.717) is 22.3 Å². The minimum absolute atomic E-state index is 0.0421. The molecule has 0 aliphatic heterocycles. The number of hydrogen-bond acceptors (Lipinski definition) is 9. The van der Waals surface area contributed by atoms with E-state index in [0.717, 1.165) is 0 Å². The Balaban J connectivity index is 2.00. The highest BCUT2D eigenvalue weighted by Crippen LogP contribution is 2.39. The van der Waals surface area contributed by atoms with Gasteiger partial charge in [-0.15, -0.1) is 10.2 Å². The van der Waals surface area contributed by atoms with E-state index in [1.807, 2.05) is 0 Å². The monoisotopic (exact) mass is 489 g/mol. The molecule has 3 aromatic rings. The van der Waals surface area contributed by atoms with Crippen molar-refractivity contribution in [3.8, 4) is 23.0 Å². The van der Waals surface area contributed by atoms with Gasteiger partial charge < -0.3 is 19.0 Å². The summed E-state index contributed by atoms with van der Waals surface area (Å²) in [5.41, 5.74) is 0.412. The van der Waals surface area contributed by atoms with Gasteiger partial charge >= 0.3 is 5.97 Å². The molecule has 0 aliphatic carbocycles. The Kier molecular flexibility index (Phi) is 7.70. The number of carboxylic acid groups (broad SMARTS) is 1. The highest BCUT2D eigenvalue weighted by Gasteiger charge is 2.21. The van der Waals surface area contributed by atoms with E-state index in [4.69, 9.17) is 25.5 Å². The quantitative estimate of drug-likeness (QED) is 0.135. The number of methoxy groups -OCH3 is 1. The van der Waals surface area contributed by atoms with Gasteiger partial charge in [0.1, 0.15) is 11.5 Å². The average Bonchev–Trinajstić information content (AvgIpc) is 3.26. The predicted molar refractivity (Wildman–Crippen MR) is 122 cm³/mol. The number of benzene rings is 2. The summed E-state index contributed by atoms with van der Waals surface area (Å²) in [5.74, 6) is -0.957. The Hall–Kier alpha value is -3.83. The largest absolute Gasteiger partial charge is 0.493 e. The number of halogens is 1. The van der Waals surface area contributed by atoms with Gasteiger partial charge in [0.2, 0.25) is 5.89 Å². The van der Waals surface area contributed by atoms with Gasteiger partial charge in [-0.05, 0) is 42.1 Å². The maximum Gasteiger partial charge on any atom is 0.342 e. The fourth-order valence-corrected chi connectivity index (χ4v) is 3.39. The lowest BCUT2D eigenvalue weighted by Gasteiger charge is -2.13. The highest BCUT2D eigenvalue weighted by atomic mass is 35.5. The first-order valence-corrected chi connectivity index (χ1v) is 10.3. The Morgan fingerprint density at radius 1 is 1.33 bits per heavy atom. The van der Waals surface area contributed by atoms with E-state index < -0.39 is 10.9 Å². The van der Waals surface area contributed by atoms with Crippen molar-refractivity contribution in [2.75, 3.05) is 13.7 Å². The molecule has 1 heterocycles. The number of thioether (sulfide) groups is 1. The molecule has 0 bridgehead atoms. The van der Waals surface area contributed by atoms with Crippen LogP contribution in [0.15, 0.2) is 63.6 Å². The first-order chi connectivity index (χ1) is 15.8. The van der Waals surface area contributed by atoms with Gasteiger partial charge in [0.05, 0.1) is 18.1 Å². The van der Waals surface area contributed by atoms with Crippen LogP contribution in [0.1, 0.15) is 5.56 Å². The molecule has 0 aliphatic rings. The number of aromatic nitrogens is 2. The molecule has 0 saturated carbocycles. The molecule has 0 radical (unpaired) electrons. The van der Waals surface area contributed by atoms with Crippen LogP contribution in [-0.2, 0) is 4.79 Å². The maximum absolute atomic E-state index is 11.9. The number of nitro benzene ring substituents is 1. The Morgan fingerprint density at radius 2 is 2.06 bits per heavy atom. The molecule has 0 saturated heterocycles. The van der Waals surface area contributed by atoms with Gasteiger partial charge in [0, 0.05) is 22.2 Å². The van der Waals surface area contributed by atoms with Crippen molar-refractivity contribution in [3.63, 3.8) is 0 Å². The van der Waals surface area contributed by atoms with Gasteiger partial charge in [0.25, 0.3) is 10.9 Å². The zero-order valence-electron chi connectivity index (χ0n) is 17.1. The SMILES string of the molecule is C=CCOc1c(/C=C(/Sc2nnc(-c3ccc(Cl)cc3)o2)C(=O)O)cc([N+](=O)[O-])cc1OC. The van der Waals surface area contributed by atoms with Crippen LogP contribution in [0.5, 0.6) is 11.5 Å². The third-order valence-corrected chi connectivity index (χ3v) is 5.14. The molecule has 0 unspecified atom stereocenters. The van der Waals surface area contributed by atoms with Crippen molar-refractivity contribution in [1.82, 2.24) is 10.2 Å². The molecule has 12 heteroatoms. The van der Waals surface area contributed by atoms with Gasteiger partial charge in [-0.1, -0.05) is 24.3 Å². The van der Waals surface area contributed by atoms with Crippen molar-refractivity contribution in [1.29, 1.82) is 0 Å². The van der Waals surface area contributed by atoms with Crippen molar-refractivity contribution in [3.05, 3.63) is 74.7 Å². The summed E-state index contributed by atoms with van der Waals surface area (Å²) in [4.78, 5) is 22.4. The molecule has 10 nitrogen and oxygen atoms in total. The normalized spacial score (nSPS) is 11.2. The summed E-state index contributed by atoms with van der Waals surface area (Å²) in [6.45, 7) is 3.63. The first-order valence-electron chi connectivity index (χ1n) is 9.14. The third kappa shape index (κ3) is 5.90. The lowest BCUT2D eigenvalue weighted by atomic mass is 10.1. The number of aliphatic carboxylic acids is 1. The zero-order chi connectivity index (χ0) is 24.0. The fourth-order valence-electron chi connectivity index (χ4n) is 2.60. The van der Waals surface area contributed by atoms with Crippen LogP contribution in [0, 0.1) is 10.1 Å². The maximum atomic E-state index is 11.9. The Morgan fingerprint density at radius 3 is 2.67 bits per heavy atom. The highest BCUT2D eigenvalue weighted by molar-refractivity contribution is 8.03. The van der Waals surface area contributed by atoms with E-state index >= 15 is 0 Å². The second-order valence-electron chi connectivity index (χ2n) is 6.22. The summed E-state index contributed by atoms with van der Waals surface area (Å²) >= 11 is 6.55. The predicted octanol–water partition coefficient (Wildman–Crippen LogP) is 5.09. The van der Waals surface area contributed by atoms with Crippen molar-refractivity contribution in [2.24, 2.45) is 0 Å². The summed E-state index contributed by atoms with van der Waals surface area (Å²) in [5, 5.41) is 29.3. The number of ether oxygens (including phenoxy) is 2. The molecule has 170 valence electrons. The number of nitrogens with zero attached hydrogens (tertiary/aromatic N) is 3. The molecular weight excluding hydrogens is 474 g/mol. The molecule has 0 fully saturated rings. The van der Waals surface area contributed by atoms with Crippen LogP contribution in [0.4, 0.5) is 5.69 Å². The molecule has 1 aromatic heterocycles. The molecule has 1 N–H and O–H groups in total. The van der Waals surface area contributed by atoms with Gasteiger partial charge in [-0.2, -0.15) is 0 Å².